The van der Waals surface area contributed by atoms with E-state index in [4.69, 9.17) is 12.2 Å². The van der Waals surface area contributed by atoms with Crippen LogP contribution in [0.5, 0.6) is 0 Å². The van der Waals surface area contributed by atoms with Crippen molar-refractivity contribution in [3.05, 3.63) is 30.1 Å². The Bertz CT molecular complexity index is 577. The summed E-state index contributed by atoms with van der Waals surface area (Å²) in [6.07, 6.45) is 9.64. The van der Waals surface area contributed by atoms with Gasteiger partial charge in [0.2, 0.25) is 0 Å². The van der Waals surface area contributed by atoms with E-state index in [0.29, 0.717) is 16.6 Å². The normalized spacial score (nSPS) is 34.8. The van der Waals surface area contributed by atoms with E-state index >= 15 is 0 Å². The van der Waals surface area contributed by atoms with E-state index in [1.807, 2.05) is 0 Å². The molecule has 130 valence electrons. The summed E-state index contributed by atoms with van der Waals surface area (Å²) in [4.78, 5) is 0. The molecule has 4 aliphatic rings. The van der Waals surface area contributed by atoms with Gasteiger partial charge in [0.15, 0.2) is 5.11 Å². The first-order valence-corrected chi connectivity index (χ1v) is 9.80. The molecule has 0 amide bonds. The summed E-state index contributed by atoms with van der Waals surface area (Å²) in [7, 11) is 0. The van der Waals surface area contributed by atoms with Crippen molar-refractivity contribution < 1.29 is 4.39 Å². The molecule has 5 rings (SSSR count). The fourth-order valence-corrected chi connectivity index (χ4v) is 6.41. The highest BCUT2D eigenvalue weighted by molar-refractivity contribution is 7.80. The minimum atomic E-state index is -0.223. The van der Waals surface area contributed by atoms with Crippen LogP contribution in [0.4, 0.5) is 10.1 Å². The molecule has 4 bridgehead atoms. The van der Waals surface area contributed by atoms with Gasteiger partial charge >= 0.3 is 0 Å². The Hall–Kier alpha value is -1.16. The van der Waals surface area contributed by atoms with E-state index < -0.39 is 0 Å². The van der Waals surface area contributed by atoms with Gasteiger partial charge in [-0.3, -0.25) is 0 Å². The SMILES string of the molecule is CC[C@H](NC(=S)Nc1ccc(F)cc1)C12CC3CC(CC(C3)C1)C2. The summed E-state index contributed by atoms with van der Waals surface area (Å²) in [5.41, 5.74) is 1.28. The van der Waals surface area contributed by atoms with Crippen LogP contribution in [0.2, 0.25) is 0 Å². The Morgan fingerprint density at radius 3 is 2.17 bits per heavy atom. The third kappa shape index (κ3) is 3.05. The third-order valence-corrected chi connectivity index (χ3v) is 6.86. The lowest BCUT2D eigenvalue weighted by Gasteiger charge is -2.59. The predicted molar refractivity (Wildman–Crippen MR) is 100 cm³/mol. The standard InChI is InChI=1S/C20H27FN2S/c1-2-18(23-19(24)22-17-5-3-16(21)4-6-17)20-10-13-7-14(11-20)9-15(8-13)12-20/h3-6,13-15,18H,2,7-12H2,1H3,(H2,22,23,24)/t13?,14?,15?,18-,20?/m0/s1. The van der Waals surface area contributed by atoms with Crippen LogP contribution in [0, 0.1) is 29.0 Å². The molecule has 0 saturated heterocycles. The number of halogens is 1. The minimum absolute atomic E-state index is 0.223. The molecule has 1 aromatic rings. The van der Waals surface area contributed by atoms with Crippen molar-refractivity contribution >= 4 is 23.0 Å². The highest BCUT2D eigenvalue weighted by Gasteiger charge is 2.53. The van der Waals surface area contributed by atoms with Crippen molar-refractivity contribution in [1.82, 2.24) is 5.32 Å². The molecular formula is C20H27FN2S. The molecule has 0 heterocycles. The molecular weight excluding hydrogens is 319 g/mol. The van der Waals surface area contributed by atoms with Crippen LogP contribution in [0.15, 0.2) is 24.3 Å². The molecule has 2 N–H and O–H groups in total. The fraction of sp³-hybridized carbons (Fsp3) is 0.650. The predicted octanol–water partition coefficient (Wildman–Crippen LogP) is 5.11. The highest BCUT2D eigenvalue weighted by Crippen LogP contribution is 2.61. The summed E-state index contributed by atoms with van der Waals surface area (Å²) >= 11 is 5.55. The number of rotatable bonds is 4. The van der Waals surface area contributed by atoms with E-state index in [0.717, 1.165) is 29.9 Å². The Morgan fingerprint density at radius 2 is 1.67 bits per heavy atom. The second-order valence-electron chi connectivity index (χ2n) is 8.35. The van der Waals surface area contributed by atoms with Gasteiger partial charge < -0.3 is 10.6 Å². The number of hydrogen-bond donors (Lipinski definition) is 2. The highest BCUT2D eigenvalue weighted by atomic mass is 32.1. The van der Waals surface area contributed by atoms with Crippen molar-refractivity contribution in [3.63, 3.8) is 0 Å². The van der Waals surface area contributed by atoms with Crippen molar-refractivity contribution in [2.24, 2.45) is 23.2 Å². The maximum Gasteiger partial charge on any atom is 0.171 e. The molecule has 0 aromatic heterocycles. The molecule has 24 heavy (non-hydrogen) atoms. The first-order valence-electron chi connectivity index (χ1n) is 9.39. The van der Waals surface area contributed by atoms with Crippen LogP contribution in [0.3, 0.4) is 0 Å². The molecule has 4 saturated carbocycles. The summed E-state index contributed by atoms with van der Waals surface area (Å²) in [5.74, 6) is 2.63. The molecule has 4 fully saturated rings. The molecule has 0 unspecified atom stereocenters. The molecule has 0 spiro atoms. The zero-order chi connectivity index (χ0) is 16.7. The monoisotopic (exact) mass is 346 g/mol. The number of hydrogen-bond acceptors (Lipinski definition) is 1. The van der Waals surface area contributed by atoms with Crippen molar-refractivity contribution in [3.8, 4) is 0 Å². The molecule has 1 aromatic carbocycles. The zero-order valence-electron chi connectivity index (χ0n) is 14.4. The van der Waals surface area contributed by atoms with Crippen molar-refractivity contribution in [2.75, 3.05) is 5.32 Å². The molecule has 1 atom stereocenters. The minimum Gasteiger partial charge on any atom is -0.359 e. The average Bonchev–Trinajstić information content (AvgIpc) is 2.53. The Kier molecular flexibility index (Phi) is 4.27. The van der Waals surface area contributed by atoms with E-state index in [9.17, 15) is 4.39 Å². The second kappa shape index (κ2) is 6.29. The van der Waals surface area contributed by atoms with Crippen LogP contribution in [-0.2, 0) is 0 Å². The van der Waals surface area contributed by atoms with Gasteiger partial charge in [-0.1, -0.05) is 6.92 Å². The van der Waals surface area contributed by atoms with Crippen molar-refractivity contribution in [2.45, 2.75) is 57.9 Å². The van der Waals surface area contributed by atoms with E-state index in [2.05, 4.69) is 17.6 Å². The van der Waals surface area contributed by atoms with Gasteiger partial charge in [0.05, 0.1) is 0 Å². The number of benzene rings is 1. The smallest absolute Gasteiger partial charge is 0.171 e. The summed E-state index contributed by atoms with van der Waals surface area (Å²) in [6, 6.07) is 6.83. The maximum absolute atomic E-state index is 13.0. The number of nitrogens with one attached hydrogen (secondary N) is 2. The van der Waals surface area contributed by atoms with E-state index in [1.54, 1.807) is 12.1 Å². The number of anilines is 1. The van der Waals surface area contributed by atoms with Crippen LogP contribution in [0.1, 0.15) is 51.9 Å². The van der Waals surface area contributed by atoms with Crippen LogP contribution in [-0.4, -0.2) is 11.2 Å². The summed E-state index contributed by atoms with van der Waals surface area (Å²) in [6.45, 7) is 2.27. The largest absolute Gasteiger partial charge is 0.359 e. The Morgan fingerprint density at radius 1 is 1.12 bits per heavy atom. The Balaban J connectivity index is 1.44. The molecule has 0 aliphatic heterocycles. The lowest BCUT2D eigenvalue weighted by molar-refractivity contribution is -0.0709. The zero-order valence-corrected chi connectivity index (χ0v) is 15.2. The van der Waals surface area contributed by atoms with Gasteiger partial charge in [-0.05, 0) is 105 Å². The third-order valence-electron chi connectivity index (χ3n) is 6.64. The lowest BCUT2D eigenvalue weighted by atomic mass is 9.47. The first kappa shape index (κ1) is 16.3. The van der Waals surface area contributed by atoms with E-state index in [-0.39, 0.29) is 5.82 Å². The quantitative estimate of drug-likeness (QED) is 0.741. The van der Waals surface area contributed by atoms with Gasteiger partial charge in [-0.2, -0.15) is 0 Å². The average molecular weight is 347 g/mol. The van der Waals surface area contributed by atoms with Gasteiger partial charge in [0, 0.05) is 11.7 Å². The van der Waals surface area contributed by atoms with Gasteiger partial charge in [0.25, 0.3) is 0 Å². The molecule has 0 radical (unpaired) electrons. The summed E-state index contributed by atoms with van der Waals surface area (Å²) in [5, 5.41) is 7.50. The Labute approximate surface area is 149 Å². The lowest BCUT2D eigenvalue weighted by Crippen LogP contribution is -2.57. The molecule has 4 heteroatoms. The fourth-order valence-electron chi connectivity index (χ4n) is 6.15. The summed E-state index contributed by atoms with van der Waals surface area (Å²) < 4.78 is 13.0. The molecule has 2 nitrogen and oxygen atoms in total. The van der Waals surface area contributed by atoms with Crippen molar-refractivity contribution in [1.29, 1.82) is 0 Å². The van der Waals surface area contributed by atoms with Gasteiger partial charge in [-0.25, -0.2) is 4.39 Å². The van der Waals surface area contributed by atoms with Gasteiger partial charge in [-0.15, -0.1) is 0 Å². The first-order chi connectivity index (χ1) is 11.6. The maximum atomic E-state index is 13.0. The number of thiocarbonyl (C=S) groups is 1. The van der Waals surface area contributed by atoms with Crippen LogP contribution >= 0.6 is 12.2 Å². The topological polar surface area (TPSA) is 24.1 Å². The molecule has 4 aliphatic carbocycles. The van der Waals surface area contributed by atoms with Gasteiger partial charge in [0.1, 0.15) is 5.82 Å². The van der Waals surface area contributed by atoms with E-state index in [1.165, 1.54) is 50.7 Å². The van der Waals surface area contributed by atoms with Crippen LogP contribution in [0.25, 0.3) is 0 Å². The van der Waals surface area contributed by atoms with Crippen LogP contribution < -0.4 is 10.6 Å². The second-order valence-corrected chi connectivity index (χ2v) is 8.75.